The number of ether oxygens (including phenoxy) is 1. The van der Waals surface area contributed by atoms with Gasteiger partial charge >= 0.3 is 0 Å². The van der Waals surface area contributed by atoms with Crippen LogP contribution in [0.2, 0.25) is 10.0 Å². The summed E-state index contributed by atoms with van der Waals surface area (Å²) in [7, 11) is 0. The van der Waals surface area contributed by atoms with Gasteiger partial charge in [0.05, 0.1) is 17.3 Å². The maximum absolute atomic E-state index is 12.4. The molecule has 1 heterocycles. The molecule has 0 radical (unpaired) electrons. The molecule has 0 saturated carbocycles. The van der Waals surface area contributed by atoms with Crippen molar-refractivity contribution < 1.29 is 9.53 Å². The highest BCUT2D eigenvalue weighted by Gasteiger charge is 2.17. The van der Waals surface area contributed by atoms with Gasteiger partial charge in [0.2, 0.25) is 0 Å². The number of nitrogens with one attached hydrogen (secondary N) is 1. The molecule has 4 nitrogen and oxygen atoms in total. The van der Waals surface area contributed by atoms with Gasteiger partial charge in [-0.15, -0.1) is 11.3 Å². The number of hydrogen-bond donors (Lipinski definition) is 1. The molecule has 0 aliphatic carbocycles. The largest absolute Gasteiger partial charge is 0.479 e. The van der Waals surface area contributed by atoms with E-state index in [1.807, 2.05) is 37.3 Å². The van der Waals surface area contributed by atoms with E-state index in [2.05, 4.69) is 10.3 Å². The van der Waals surface area contributed by atoms with Gasteiger partial charge in [0.25, 0.3) is 5.91 Å². The molecule has 0 saturated heterocycles. The normalized spacial score (nSPS) is 11.9. The Morgan fingerprint density at radius 2 is 1.96 bits per heavy atom. The number of hydrogen-bond acceptors (Lipinski definition) is 4. The van der Waals surface area contributed by atoms with Gasteiger partial charge in [0, 0.05) is 15.5 Å². The summed E-state index contributed by atoms with van der Waals surface area (Å²) in [5, 5.41) is 4.71. The van der Waals surface area contributed by atoms with Crippen molar-refractivity contribution in [2.45, 2.75) is 26.5 Å². The number of rotatable bonds is 6. The van der Waals surface area contributed by atoms with Crippen molar-refractivity contribution >= 4 is 40.4 Å². The summed E-state index contributed by atoms with van der Waals surface area (Å²) < 4.78 is 5.64. The molecule has 0 spiro atoms. The molecule has 1 aromatic heterocycles. The van der Waals surface area contributed by atoms with E-state index >= 15 is 0 Å². The average molecular weight is 421 g/mol. The molecule has 2 aromatic carbocycles. The number of halogens is 2. The summed E-state index contributed by atoms with van der Waals surface area (Å²) in [6.45, 7) is 4.02. The molecular weight excluding hydrogens is 403 g/mol. The van der Waals surface area contributed by atoms with Crippen molar-refractivity contribution in [2.24, 2.45) is 0 Å². The molecule has 1 amide bonds. The topological polar surface area (TPSA) is 51.2 Å². The first-order valence-corrected chi connectivity index (χ1v) is 9.92. The Bertz CT molecular complexity index is 944. The van der Waals surface area contributed by atoms with Crippen molar-refractivity contribution in [2.75, 3.05) is 0 Å². The zero-order valence-electron chi connectivity index (χ0n) is 14.8. The molecule has 0 aliphatic rings. The Morgan fingerprint density at radius 3 is 2.67 bits per heavy atom. The third kappa shape index (κ3) is 5.01. The number of amides is 1. The first kappa shape index (κ1) is 19.7. The third-order valence-corrected chi connectivity index (χ3v) is 5.64. The maximum Gasteiger partial charge on any atom is 0.261 e. The molecule has 1 N–H and O–H groups in total. The highest BCUT2D eigenvalue weighted by molar-refractivity contribution is 7.15. The van der Waals surface area contributed by atoms with Crippen LogP contribution >= 0.6 is 34.5 Å². The van der Waals surface area contributed by atoms with E-state index in [4.69, 9.17) is 27.9 Å². The van der Waals surface area contributed by atoms with Crippen LogP contribution in [-0.4, -0.2) is 17.0 Å². The molecule has 140 valence electrons. The molecule has 27 heavy (non-hydrogen) atoms. The minimum Gasteiger partial charge on any atom is -0.479 e. The molecule has 0 bridgehead atoms. The predicted molar refractivity (Wildman–Crippen MR) is 111 cm³/mol. The Labute approximate surface area is 172 Å². The van der Waals surface area contributed by atoms with Gasteiger partial charge in [-0.05, 0) is 32.0 Å². The minimum atomic E-state index is -0.689. The van der Waals surface area contributed by atoms with Crippen LogP contribution in [0, 0.1) is 6.92 Å². The number of carbonyl (C=O) groups excluding carboxylic acids is 1. The third-order valence-electron chi connectivity index (χ3n) is 3.90. The lowest BCUT2D eigenvalue weighted by molar-refractivity contribution is -0.127. The second kappa shape index (κ2) is 8.74. The van der Waals surface area contributed by atoms with Crippen molar-refractivity contribution in [3.8, 4) is 16.3 Å². The Morgan fingerprint density at radius 1 is 1.22 bits per heavy atom. The van der Waals surface area contributed by atoms with E-state index in [9.17, 15) is 4.79 Å². The fourth-order valence-corrected chi connectivity index (χ4v) is 3.88. The molecule has 7 heteroatoms. The van der Waals surface area contributed by atoms with Crippen LogP contribution in [0.3, 0.4) is 0 Å². The van der Waals surface area contributed by atoms with Crippen molar-refractivity contribution in [1.82, 2.24) is 10.3 Å². The fraction of sp³-hybridized carbons (Fsp3) is 0.200. The molecule has 1 atom stereocenters. The Kier molecular flexibility index (Phi) is 6.37. The molecular formula is C20H18Cl2N2O2S. The summed E-state index contributed by atoms with van der Waals surface area (Å²) >= 11 is 13.5. The van der Waals surface area contributed by atoms with E-state index in [1.54, 1.807) is 36.5 Å². The Hall–Kier alpha value is -2.08. The number of carbonyl (C=O) groups is 1. The van der Waals surface area contributed by atoms with Crippen LogP contribution in [0.25, 0.3) is 10.6 Å². The highest BCUT2D eigenvalue weighted by Crippen LogP contribution is 2.29. The lowest BCUT2D eigenvalue weighted by Gasteiger charge is -2.15. The van der Waals surface area contributed by atoms with Gasteiger partial charge < -0.3 is 10.1 Å². The molecule has 3 rings (SSSR count). The standard InChI is InChI=1S/C20H18Cl2N2O2S/c1-12-18(27-20(24-12)14-6-4-3-5-7-14)11-23-19(25)13(2)26-17-9-8-15(21)10-16(17)22/h3-10,13H,11H2,1-2H3,(H,23,25). The van der Waals surface area contributed by atoms with Crippen LogP contribution in [0.15, 0.2) is 48.5 Å². The Balaban J connectivity index is 1.61. The second-order valence-corrected chi connectivity index (χ2v) is 7.87. The lowest BCUT2D eigenvalue weighted by Crippen LogP contribution is -2.35. The van der Waals surface area contributed by atoms with E-state index in [0.717, 1.165) is 21.1 Å². The highest BCUT2D eigenvalue weighted by atomic mass is 35.5. The summed E-state index contributed by atoms with van der Waals surface area (Å²) in [5.41, 5.74) is 1.98. The number of aromatic nitrogens is 1. The number of nitrogens with zero attached hydrogens (tertiary/aromatic N) is 1. The minimum absolute atomic E-state index is 0.227. The van der Waals surface area contributed by atoms with Crippen molar-refractivity contribution in [3.63, 3.8) is 0 Å². The number of benzene rings is 2. The maximum atomic E-state index is 12.4. The summed E-state index contributed by atoms with van der Waals surface area (Å²) in [6.07, 6.45) is -0.689. The van der Waals surface area contributed by atoms with Crippen LogP contribution in [-0.2, 0) is 11.3 Å². The monoisotopic (exact) mass is 420 g/mol. The predicted octanol–water partition coefficient (Wildman–Crippen LogP) is 5.51. The molecule has 0 fully saturated rings. The quantitative estimate of drug-likeness (QED) is 0.571. The second-order valence-electron chi connectivity index (χ2n) is 5.95. The SMILES string of the molecule is Cc1nc(-c2ccccc2)sc1CNC(=O)C(C)Oc1ccc(Cl)cc1Cl. The van der Waals surface area contributed by atoms with Crippen LogP contribution < -0.4 is 10.1 Å². The molecule has 3 aromatic rings. The lowest BCUT2D eigenvalue weighted by atomic mass is 10.2. The first-order chi connectivity index (χ1) is 12.9. The zero-order chi connectivity index (χ0) is 19.4. The molecule has 0 aliphatic heterocycles. The van der Waals surface area contributed by atoms with Gasteiger partial charge in [-0.25, -0.2) is 4.98 Å². The van der Waals surface area contributed by atoms with Gasteiger partial charge in [-0.2, -0.15) is 0 Å². The molecule has 1 unspecified atom stereocenters. The van der Waals surface area contributed by atoms with Gasteiger partial charge in [-0.3, -0.25) is 4.79 Å². The van der Waals surface area contributed by atoms with Crippen molar-refractivity contribution in [1.29, 1.82) is 0 Å². The summed E-state index contributed by atoms with van der Waals surface area (Å²) in [4.78, 5) is 18.0. The van der Waals surface area contributed by atoms with E-state index in [1.165, 1.54) is 0 Å². The van der Waals surface area contributed by atoms with Crippen molar-refractivity contribution in [3.05, 3.63) is 69.1 Å². The number of thiazole rings is 1. The number of aryl methyl sites for hydroxylation is 1. The van der Waals surface area contributed by atoms with Gasteiger partial charge in [-0.1, -0.05) is 53.5 Å². The van der Waals surface area contributed by atoms with Gasteiger partial charge in [0.1, 0.15) is 10.8 Å². The van der Waals surface area contributed by atoms with Crippen LogP contribution in [0.4, 0.5) is 0 Å². The smallest absolute Gasteiger partial charge is 0.261 e. The van der Waals surface area contributed by atoms with Crippen LogP contribution in [0.5, 0.6) is 5.75 Å². The average Bonchev–Trinajstić information content (AvgIpc) is 3.03. The zero-order valence-corrected chi connectivity index (χ0v) is 17.2. The summed E-state index contributed by atoms with van der Waals surface area (Å²) in [6, 6.07) is 14.9. The van der Waals surface area contributed by atoms with Crippen LogP contribution in [0.1, 0.15) is 17.5 Å². The van der Waals surface area contributed by atoms with E-state index in [0.29, 0.717) is 22.3 Å². The van der Waals surface area contributed by atoms with Gasteiger partial charge in [0.15, 0.2) is 6.10 Å². The van der Waals surface area contributed by atoms with E-state index < -0.39 is 6.10 Å². The first-order valence-electron chi connectivity index (χ1n) is 8.35. The fourth-order valence-electron chi connectivity index (χ4n) is 2.42. The summed E-state index contributed by atoms with van der Waals surface area (Å²) in [5.74, 6) is 0.194. The van der Waals surface area contributed by atoms with E-state index in [-0.39, 0.29) is 5.91 Å².